The minimum absolute atomic E-state index is 0.0399. The summed E-state index contributed by atoms with van der Waals surface area (Å²) in [4.78, 5) is 0. The summed E-state index contributed by atoms with van der Waals surface area (Å²) in [6.45, 7) is 5.53. The summed E-state index contributed by atoms with van der Waals surface area (Å²) in [6, 6.07) is 3.57. The van der Waals surface area contributed by atoms with Gasteiger partial charge in [0.25, 0.3) is 0 Å². The highest BCUT2D eigenvalue weighted by atomic mass is 19.4. The van der Waals surface area contributed by atoms with E-state index in [1.165, 1.54) is 12.1 Å². The Bertz CT molecular complexity index is 456. The van der Waals surface area contributed by atoms with Crippen molar-refractivity contribution in [3.63, 3.8) is 0 Å². The highest BCUT2D eigenvalue weighted by molar-refractivity contribution is 5.59. The van der Waals surface area contributed by atoms with E-state index >= 15 is 0 Å². The molecule has 1 unspecified atom stereocenters. The topological polar surface area (TPSA) is 58.3 Å². The highest BCUT2D eigenvalue weighted by Gasteiger charge is 2.34. The zero-order valence-electron chi connectivity index (χ0n) is 11.9. The lowest BCUT2D eigenvalue weighted by Crippen LogP contribution is -2.35. The van der Waals surface area contributed by atoms with Gasteiger partial charge in [0, 0.05) is 17.9 Å². The van der Waals surface area contributed by atoms with Crippen LogP contribution in [0, 0.1) is 5.92 Å². The van der Waals surface area contributed by atoms with Crippen molar-refractivity contribution in [2.45, 2.75) is 39.0 Å². The van der Waals surface area contributed by atoms with Crippen molar-refractivity contribution in [2.75, 3.05) is 17.6 Å². The van der Waals surface area contributed by atoms with E-state index in [1.54, 1.807) is 6.92 Å². The molecule has 0 saturated heterocycles. The Hall–Kier alpha value is -1.43. The van der Waals surface area contributed by atoms with Crippen LogP contribution in [0.4, 0.5) is 24.5 Å². The third kappa shape index (κ3) is 4.92. The fraction of sp³-hybridized carbons (Fsp3) is 0.571. The molecular formula is C14H21F3N2O. The molecule has 0 heterocycles. The third-order valence-corrected chi connectivity index (χ3v) is 2.86. The lowest BCUT2D eigenvalue weighted by Gasteiger charge is -2.27. The molecule has 114 valence electrons. The maximum Gasteiger partial charge on any atom is 0.418 e. The molecule has 1 aromatic rings. The zero-order valence-corrected chi connectivity index (χ0v) is 11.9. The quantitative estimate of drug-likeness (QED) is 0.727. The number of alkyl halides is 3. The van der Waals surface area contributed by atoms with Crippen LogP contribution in [-0.4, -0.2) is 17.3 Å². The molecule has 0 amide bonds. The molecule has 4 N–H and O–H groups in total. The van der Waals surface area contributed by atoms with Gasteiger partial charge in [-0.15, -0.1) is 0 Å². The number of nitrogen functional groups attached to an aromatic ring is 1. The molecule has 6 heteroatoms. The number of nitrogens with one attached hydrogen (secondary N) is 1. The van der Waals surface area contributed by atoms with Crippen molar-refractivity contribution in [1.29, 1.82) is 0 Å². The molecule has 0 aliphatic heterocycles. The first kappa shape index (κ1) is 16.6. The SMILES string of the molecule is CC(C)CC(C)(O)CNc1ccc(N)cc1C(F)(F)F. The fourth-order valence-electron chi connectivity index (χ4n) is 2.19. The number of anilines is 2. The van der Waals surface area contributed by atoms with Gasteiger partial charge in [0.2, 0.25) is 0 Å². The van der Waals surface area contributed by atoms with Crippen molar-refractivity contribution < 1.29 is 18.3 Å². The van der Waals surface area contributed by atoms with Crippen LogP contribution in [0.2, 0.25) is 0 Å². The number of rotatable bonds is 5. The summed E-state index contributed by atoms with van der Waals surface area (Å²) in [5.74, 6) is 0.250. The normalized spacial score (nSPS) is 15.2. The Kier molecular flexibility index (Phi) is 4.91. The average Bonchev–Trinajstić information content (AvgIpc) is 2.24. The molecule has 20 heavy (non-hydrogen) atoms. The number of benzene rings is 1. The number of aliphatic hydroxyl groups is 1. The molecule has 0 spiro atoms. The van der Waals surface area contributed by atoms with Gasteiger partial charge >= 0.3 is 6.18 Å². The second-order valence-corrected chi connectivity index (χ2v) is 5.75. The molecule has 0 fully saturated rings. The average molecular weight is 290 g/mol. The Balaban J connectivity index is 2.88. The first-order valence-corrected chi connectivity index (χ1v) is 6.44. The summed E-state index contributed by atoms with van der Waals surface area (Å²) in [7, 11) is 0. The molecule has 0 bridgehead atoms. The molecule has 1 rings (SSSR count). The Morgan fingerprint density at radius 3 is 2.40 bits per heavy atom. The van der Waals surface area contributed by atoms with E-state index in [0.29, 0.717) is 6.42 Å². The van der Waals surface area contributed by atoms with E-state index in [1.807, 2.05) is 13.8 Å². The minimum atomic E-state index is -4.48. The third-order valence-electron chi connectivity index (χ3n) is 2.86. The van der Waals surface area contributed by atoms with E-state index in [4.69, 9.17) is 5.73 Å². The van der Waals surface area contributed by atoms with Gasteiger partial charge in [-0.05, 0) is 37.5 Å². The number of hydrogen-bond donors (Lipinski definition) is 3. The van der Waals surface area contributed by atoms with Crippen LogP contribution in [0.5, 0.6) is 0 Å². The maximum atomic E-state index is 12.9. The molecule has 1 atom stereocenters. The number of nitrogens with two attached hydrogens (primary N) is 1. The molecule has 0 radical (unpaired) electrons. The van der Waals surface area contributed by atoms with E-state index < -0.39 is 17.3 Å². The van der Waals surface area contributed by atoms with Crippen LogP contribution in [0.25, 0.3) is 0 Å². The standard InChI is InChI=1S/C14H21F3N2O/c1-9(2)7-13(3,20)8-19-12-5-4-10(18)6-11(12)14(15,16)17/h4-6,9,19-20H,7-8,18H2,1-3H3. The van der Waals surface area contributed by atoms with Crippen molar-refractivity contribution in [3.8, 4) is 0 Å². The predicted octanol–water partition coefficient (Wildman–Crippen LogP) is 3.50. The van der Waals surface area contributed by atoms with Crippen LogP contribution < -0.4 is 11.1 Å². The van der Waals surface area contributed by atoms with Crippen LogP contribution in [0.15, 0.2) is 18.2 Å². The molecule has 0 aromatic heterocycles. The highest BCUT2D eigenvalue weighted by Crippen LogP contribution is 2.36. The van der Waals surface area contributed by atoms with E-state index in [0.717, 1.165) is 6.07 Å². The van der Waals surface area contributed by atoms with Crippen molar-refractivity contribution in [3.05, 3.63) is 23.8 Å². The molecule has 1 aromatic carbocycles. The minimum Gasteiger partial charge on any atom is -0.399 e. The Labute approximate surface area is 117 Å². The van der Waals surface area contributed by atoms with E-state index in [9.17, 15) is 18.3 Å². The Morgan fingerprint density at radius 2 is 1.90 bits per heavy atom. The summed E-state index contributed by atoms with van der Waals surface area (Å²) in [6.07, 6.45) is -3.99. The van der Waals surface area contributed by atoms with Gasteiger partial charge < -0.3 is 16.2 Å². The van der Waals surface area contributed by atoms with E-state index in [-0.39, 0.29) is 23.8 Å². The zero-order chi connectivity index (χ0) is 15.6. The lowest BCUT2D eigenvalue weighted by atomic mass is 9.94. The first-order chi connectivity index (χ1) is 9.01. The summed E-state index contributed by atoms with van der Waals surface area (Å²) < 4.78 is 38.7. The smallest absolute Gasteiger partial charge is 0.399 e. The van der Waals surface area contributed by atoms with Crippen molar-refractivity contribution in [1.82, 2.24) is 0 Å². The summed E-state index contributed by atoms with van der Waals surface area (Å²) >= 11 is 0. The van der Waals surface area contributed by atoms with Gasteiger partial charge in [-0.25, -0.2) is 0 Å². The largest absolute Gasteiger partial charge is 0.418 e. The molecular weight excluding hydrogens is 269 g/mol. The van der Waals surface area contributed by atoms with Crippen molar-refractivity contribution in [2.24, 2.45) is 5.92 Å². The monoisotopic (exact) mass is 290 g/mol. The Morgan fingerprint density at radius 1 is 1.30 bits per heavy atom. The van der Waals surface area contributed by atoms with E-state index in [2.05, 4.69) is 5.32 Å². The van der Waals surface area contributed by atoms with Crippen LogP contribution in [-0.2, 0) is 6.18 Å². The van der Waals surface area contributed by atoms with Gasteiger partial charge in [-0.1, -0.05) is 13.8 Å². The first-order valence-electron chi connectivity index (χ1n) is 6.44. The molecule has 0 saturated carbocycles. The van der Waals surface area contributed by atoms with Gasteiger partial charge in [0.15, 0.2) is 0 Å². The molecule has 0 aliphatic carbocycles. The fourth-order valence-corrected chi connectivity index (χ4v) is 2.19. The van der Waals surface area contributed by atoms with Crippen molar-refractivity contribution >= 4 is 11.4 Å². The molecule has 0 aliphatic rings. The number of halogens is 3. The predicted molar refractivity (Wildman–Crippen MR) is 74.4 cm³/mol. The second kappa shape index (κ2) is 5.91. The lowest BCUT2D eigenvalue weighted by molar-refractivity contribution is -0.137. The second-order valence-electron chi connectivity index (χ2n) is 5.75. The van der Waals surface area contributed by atoms with Gasteiger partial charge in [-0.3, -0.25) is 0 Å². The van der Waals surface area contributed by atoms with Gasteiger partial charge in [-0.2, -0.15) is 13.2 Å². The number of hydrogen-bond acceptors (Lipinski definition) is 3. The summed E-state index contributed by atoms with van der Waals surface area (Å²) in [5.41, 5.74) is 3.48. The van der Waals surface area contributed by atoms with Crippen LogP contribution >= 0.6 is 0 Å². The summed E-state index contributed by atoms with van der Waals surface area (Å²) in [5, 5.41) is 12.8. The van der Waals surface area contributed by atoms with Gasteiger partial charge in [0.05, 0.1) is 11.2 Å². The van der Waals surface area contributed by atoms with Crippen LogP contribution in [0.1, 0.15) is 32.8 Å². The maximum absolute atomic E-state index is 12.9. The van der Waals surface area contributed by atoms with Crippen LogP contribution in [0.3, 0.4) is 0 Å². The van der Waals surface area contributed by atoms with Gasteiger partial charge in [0.1, 0.15) is 0 Å². The molecule has 3 nitrogen and oxygen atoms in total.